The topological polar surface area (TPSA) is 406 Å². The SMILES string of the molecule is C=C[C@@H](CO[Si](C)(C)C(C)(C)C)[C@@H](CO[Si](OC)(c1ccccc1)C(C)(C)C)NC(=O)OC(C)(C)C.C=C[C@@H](CO[Si](C)(C)C(C)(C)C)[C@H](NC(=O)OC(C)(C)C)C(=O)OC.CC(C)(C)OC(=O)N[C@@H]1C(=O)NCC[C@H]1C(=O)O.CC(C)(C)OC(=O)N[C@@H]1C(=O)NCC[C@H]1C=O.CC(C)(C)OC(=O)N[C@@H]1C(=O)NCC[C@H]1CO[Si](C)(C)C(C)(C)C. The van der Waals surface area contributed by atoms with Gasteiger partial charge >= 0.3 is 51.0 Å². The summed E-state index contributed by atoms with van der Waals surface area (Å²) in [7, 11) is -5.82. The van der Waals surface area contributed by atoms with E-state index in [2.05, 4.69) is 190 Å². The van der Waals surface area contributed by atoms with Gasteiger partial charge in [-0.25, -0.2) is 28.8 Å². The molecule has 1 aromatic rings. The highest BCUT2D eigenvalue weighted by molar-refractivity contribution is 6.83. The molecule has 0 radical (unpaired) electrons. The summed E-state index contributed by atoms with van der Waals surface area (Å²) in [6.07, 6.45) is 2.50. The predicted octanol–water partition coefficient (Wildman–Crippen LogP) is 13.7. The Bertz CT molecular complexity index is 3490. The highest BCUT2D eigenvalue weighted by Gasteiger charge is 2.52. The molecule has 11 atom stereocenters. The number of aliphatic carboxylic acids is 1. The fourth-order valence-electron chi connectivity index (χ4n) is 10.9. The minimum atomic E-state index is -2.91. The van der Waals surface area contributed by atoms with Crippen molar-refractivity contribution in [2.24, 2.45) is 29.6 Å². The maximum Gasteiger partial charge on any atom is 0.408 e. The van der Waals surface area contributed by atoms with Gasteiger partial charge in [-0.3, -0.25) is 19.2 Å². The molecule has 0 bridgehead atoms. The quantitative estimate of drug-likeness (QED) is 0.0137. The van der Waals surface area contributed by atoms with E-state index in [1.165, 1.54) is 7.11 Å². The van der Waals surface area contributed by atoms with Crippen molar-refractivity contribution in [1.82, 2.24) is 42.5 Å². The lowest BCUT2D eigenvalue weighted by Crippen LogP contribution is -2.61. The maximum absolute atomic E-state index is 12.8. The summed E-state index contributed by atoms with van der Waals surface area (Å²) >= 11 is 0. The number of carbonyl (C=O) groups excluding carboxylic acids is 10. The molecule has 0 spiro atoms. The summed E-state index contributed by atoms with van der Waals surface area (Å²) in [5.41, 5.74) is -3.20. The smallest absolute Gasteiger partial charge is 0.408 e. The van der Waals surface area contributed by atoms with Crippen molar-refractivity contribution in [3.05, 3.63) is 55.6 Å². The van der Waals surface area contributed by atoms with Crippen LogP contribution in [0.5, 0.6) is 0 Å². The van der Waals surface area contributed by atoms with Crippen molar-refractivity contribution >= 4 is 105 Å². The lowest BCUT2D eigenvalue weighted by molar-refractivity contribution is -0.147. The van der Waals surface area contributed by atoms with Crippen LogP contribution >= 0.6 is 0 Å². The largest absolute Gasteiger partial charge is 0.481 e. The summed E-state index contributed by atoms with van der Waals surface area (Å²) in [4.78, 5) is 129. The van der Waals surface area contributed by atoms with Crippen LogP contribution < -0.4 is 47.7 Å². The molecule has 3 aliphatic heterocycles. The van der Waals surface area contributed by atoms with Gasteiger partial charge in [-0.1, -0.05) is 126 Å². The molecule has 3 heterocycles. The number of carbonyl (C=O) groups is 11. The lowest BCUT2D eigenvalue weighted by atomic mass is 9.92. The number of hydrogen-bond donors (Lipinski definition) is 9. The van der Waals surface area contributed by atoms with Gasteiger partial charge in [0.15, 0.2) is 25.0 Å². The van der Waals surface area contributed by atoms with Crippen LogP contribution in [0.25, 0.3) is 0 Å². The number of esters is 1. The number of piperidine rings is 3. The number of benzene rings is 1. The number of nitrogens with one attached hydrogen (secondary N) is 8. The van der Waals surface area contributed by atoms with E-state index < -0.39 is 158 Å². The lowest BCUT2D eigenvalue weighted by Gasteiger charge is -2.42. The minimum absolute atomic E-state index is 0.0398. The van der Waals surface area contributed by atoms with Gasteiger partial charge < -0.3 is 103 Å². The molecule has 0 saturated carbocycles. The van der Waals surface area contributed by atoms with E-state index in [0.29, 0.717) is 45.6 Å². The molecule has 0 aromatic heterocycles. The summed E-state index contributed by atoms with van der Waals surface area (Å²) in [6, 6.07) is 6.24. The van der Waals surface area contributed by atoms with E-state index in [1.807, 2.05) is 45.0 Å². The third-order valence-corrected chi connectivity index (χ3v) is 38.3. The summed E-state index contributed by atoms with van der Waals surface area (Å²) in [5, 5.41) is 31.0. The number of carboxylic acids is 1. The molecule has 9 N–H and O–H groups in total. The normalized spacial score (nSPS) is 19.8. The number of ether oxygens (including phenoxy) is 6. The fraction of sp³-hybridized carbons (Fsp3) is 0.753. The standard InChI is InChI=1S/C28H51NO5Si2.C18H35NO5Si.C17H34N2O4Si.C11H18N2O5.C11H18N2O4/c1-14-22(20-32-35(12,13)27(5,6)7)24(29-25(30)34-26(2,3)4)21-33-36(31-11,28(8,9)10)23-18-16-15-17-19-23;1-11-13(12-23-25(9,10)18(5,6)7)14(15(20)22-8)19-16(21)24-17(2,3)4;1-16(2,3)23-15(21)19-13-12(9-10-18-14(13)20)11-22-24(7,8)17(4,5)6;1-11(2,3)18-10(17)13-7-6(9(15)16)4-5-12-8(7)14;1-11(2,3)17-10(16)13-8-7(6-14)4-5-12-9(8)15/h14-19,22,24H,1,20-21H2,2-13H3,(H,29,30);11,13-14H,1,12H2,2-10H3,(H,19,21);12-13H,9-11H2,1-8H3,(H,18,20)(H,19,21);6-7H,4-5H2,1-3H3,(H,12,14)(H,13,17)(H,15,16);6-8H,4-5H2,1-3H3,(H,12,15)(H,13,16)/t22-,24+,36?;13-,14-;12-,13-;6-,7+;7-,8-/m00010/s1. The molecule has 120 heavy (non-hydrogen) atoms. The van der Waals surface area contributed by atoms with Gasteiger partial charge in [-0.2, -0.15) is 0 Å². The Morgan fingerprint density at radius 2 is 0.825 bits per heavy atom. The fourth-order valence-corrected chi connectivity index (χ4v) is 17.5. The Morgan fingerprint density at radius 1 is 0.467 bits per heavy atom. The van der Waals surface area contributed by atoms with Crippen LogP contribution in [0.1, 0.15) is 206 Å². The molecule has 31 nitrogen and oxygen atoms in total. The second-order valence-electron chi connectivity index (χ2n) is 40.8. The first-order valence-electron chi connectivity index (χ1n) is 41.2. The number of aldehydes is 1. The molecule has 3 fully saturated rings. The van der Waals surface area contributed by atoms with E-state index in [0.717, 1.165) is 11.6 Å². The van der Waals surface area contributed by atoms with Crippen molar-refractivity contribution in [2.45, 2.75) is 324 Å². The number of carboxylic acid groups (broad SMARTS) is 1. The van der Waals surface area contributed by atoms with Gasteiger partial charge in [-0.15, -0.1) is 13.2 Å². The van der Waals surface area contributed by atoms with Crippen molar-refractivity contribution in [2.75, 3.05) is 60.3 Å². The van der Waals surface area contributed by atoms with Crippen LogP contribution in [0.4, 0.5) is 24.0 Å². The summed E-state index contributed by atoms with van der Waals surface area (Å²) in [5.74, 6) is -4.74. The number of hydrogen-bond acceptors (Lipinski definition) is 22. The number of rotatable bonds is 26. The monoisotopic (exact) mass is 1770 g/mol. The summed E-state index contributed by atoms with van der Waals surface area (Å²) < 4.78 is 62.9. The molecular weight excluding hydrogens is 1610 g/mol. The van der Waals surface area contributed by atoms with Gasteiger partial charge in [0.05, 0.1) is 25.7 Å². The number of amides is 8. The molecule has 3 saturated heterocycles. The van der Waals surface area contributed by atoms with Gasteiger partial charge in [0.2, 0.25) is 17.7 Å². The molecule has 0 aliphatic carbocycles. The van der Waals surface area contributed by atoms with E-state index in [4.69, 9.17) is 55.7 Å². The van der Waals surface area contributed by atoms with Gasteiger partial charge in [0.1, 0.15) is 58.5 Å². The van der Waals surface area contributed by atoms with Gasteiger partial charge in [0.25, 0.3) is 0 Å². The Labute approximate surface area is 721 Å². The molecular formula is C85H156N8O23Si4. The molecule has 690 valence electrons. The molecule has 1 unspecified atom stereocenters. The van der Waals surface area contributed by atoms with Crippen molar-refractivity contribution < 1.29 is 108 Å². The van der Waals surface area contributed by atoms with E-state index in [1.54, 1.807) is 96.3 Å². The average Bonchev–Trinajstić information content (AvgIpc) is 0.769. The van der Waals surface area contributed by atoms with E-state index >= 15 is 0 Å². The first-order valence-corrected chi connectivity index (χ1v) is 51.7. The third-order valence-electron chi connectivity index (χ3n) is 20.6. The van der Waals surface area contributed by atoms with Crippen LogP contribution in [-0.2, 0) is 79.3 Å². The first-order chi connectivity index (χ1) is 54.2. The van der Waals surface area contributed by atoms with Crippen LogP contribution in [0.15, 0.2) is 55.6 Å². The predicted molar refractivity (Wildman–Crippen MR) is 476 cm³/mol. The third kappa shape index (κ3) is 40.8. The molecule has 1 aromatic carbocycles. The second-order valence-corrected chi connectivity index (χ2v) is 59.2. The highest BCUT2D eigenvalue weighted by Crippen LogP contribution is 2.41. The molecule has 3 aliphatic rings. The van der Waals surface area contributed by atoms with Gasteiger partial charge in [0, 0.05) is 75.3 Å². The first kappa shape index (κ1) is 113. The average molecular weight is 1770 g/mol. The molecule has 8 amide bonds. The van der Waals surface area contributed by atoms with Crippen LogP contribution in [-0.4, -0.2) is 224 Å². The zero-order valence-corrected chi connectivity index (χ0v) is 83.3. The van der Waals surface area contributed by atoms with Crippen LogP contribution in [0.3, 0.4) is 0 Å². The van der Waals surface area contributed by atoms with Crippen molar-refractivity contribution in [1.29, 1.82) is 0 Å². The highest BCUT2D eigenvalue weighted by atomic mass is 28.4. The van der Waals surface area contributed by atoms with E-state index in [-0.39, 0.29) is 63.4 Å². The van der Waals surface area contributed by atoms with Gasteiger partial charge in [-0.05, 0) is 183 Å². The molecule has 35 heteroatoms. The second kappa shape index (κ2) is 47.0. The van der Waals surface area contributed by atoms with E-state index in [9.17, 15) is 52.7 Å². The Hall–Kier alpha value is -7.26. The number of methoxy groups -OCH3 is 1. The minimum Gasteiger partial charge on any atom is -0.481 e. The van der Waals surface area contributed by atoms with Crippen LogP contribution in [0, 0.1) is 29.6 Å². The Kier molecular flexibility index (Phi) is 44.2. The zero-order chi connectivity index (χ0) is 93.8. The van der Waals surface area contributed by atoms with Crippen molar-refractivity contribution in [3.63, 3.8) is 0 Å². The summed E-state index contributed by atoms with van der Waals surface area (Å²) in [6.45, 7) is 76.1. The van der Waals surface area contributed by atoms with Crippen LogP contribution in [0.2, 0.25) is 59.4 Å². The maximum atomic E-state index is 12.8. The van der Waals surface area contributed by atoms with Crippen molar-refractivity contribution in [3.8, 4) is 0 Å². The number of alkyl carbamates (subject to hydrolysis) is 5. The zero-order valence-electron chi connectivity index (χ0n) is 79.3. The molecule has 4 rings (SSSR count). The Morgan fingerprint density at radius 3 is 1.20 bits per heavy atom. The Balaban J connectivity index is 0.00000151.